The monoisotopic (exact) mass is 427 g/mol. The second-order valence-corrected chi connectivity index (χ2v) is 8.60. The number of benzene rings is 1. The number of imidazole rings is 1. The Morgan fingerprint density at radius 2 is 1.90 bits per heavy atom. The van der Waals surface area contributed by atoms with Crippen molar-refractivity contribution >= 4 is 22.8 Å². The molecule has 0 radical (unpaired) electrons. The number of ether oxygens (including phenoxy) is 2. The molecule has 1 aliphatic rings. The lowest BCUT2D eigenvalue weighted by atomic mass is 10.1. The van der Waals surface area contributed by atoms with Crippen LogP contribution in [0.5, 0.6) is 11.5 Å². The van der Waals surface area contributed by atoms with E-state index in [9.17, 15) is 9.59 Å². The minimum Gasteiger partial charge on any atom is -0.497 e. The lowest BCUT2D eigenvalue weighted by molar-refractivity contribution is 0.399. The van der Waals surface area contributed by atoms with Crippen LogP contribution < -0.4 is 25.6 Å². The van der Waals surface area contributed by atoms with Gasteiger partial charge in [-0.15, -0.1) is 0 Å². The Balaban J connectivity index is 2.01. The summed E-state index contributed by atoms with van der Waals surface area (Å²) in [5.74, 6) is 2.41. The summed E-state index contributed by atoms with van der Waals surface area (Å²) >= 11 is 0. The fourth-order valence-electron chi connectivity index (χ4n) is 4.24. The molecule has 31 heavy (non-hydrogen) atoms. The number of hydrogen-bond donors (Lipinski definition) is 0. The number of aromatic nitrogens is 4. The first kappa shape index (κ1) is 21.0. The lowest BCUT2D eigenvalue weighted by Gasteiger charge is -2.33. The molecule has 1 aromatic carbocycles. The van der Waals surface area contributed by atoms with Gasteiger partial charge in [0.1, 0.15) is 11.5 Å². The number of aryl methyl sites for hydroxylation is 1. The lowest BCUT2D eigenvalue weighted by Crippen LogP contribution is -2.41. The molecule has 0 unspecified atom stereocenters. The third-order valence-corrected chi connectivity index (χ3v) is 5.67. The van der Waals surface area contributed by atoms with E-state index in [1.807, 2.05) is 41.5 Å². The van der Waals surface area contributed by atoms with Gasteiger partial charge in [-0.05, 0) is 24.0 Å². The molecule has 1 atom stereocenters. The van der Waals surface area contributed by atoms with Crippen LogP contribution in [0.1, 0.15) is 20.8 Å². The topological polar surface area (TPSA) is 83.5 Å². The molecule has 0 fully saturated rings. The summed E-state index contributed by atoms with van der Waals surface area (Å²) in [6.07, 6.45) is 0. The van der Waals surface area contributed by atoms with Crippen LogP contribution in [0.25, 0.3) is 11.2 Å². The van der Waals surface area contributed by atoms with Crippen LogP contribution in [0.3, 0.4) is 0 Å². The van der Waals surface area contributed by atoms with E-state index in [0.29, 0.717) is 48.2 Å². The highest BCUT2D eigenvalue weighted by atomic mass is 16.5. The van der Waals surface area contributed by atoms with Crippen LogP contribution in [0, 0.1) is 11.8 Å². The van der Waals surface area contributed by atoms with Crippen molar-refractivity contribution in [3.8, 4) is 11.5 Å². The zero-order chi connectivity index (χ0) is 22.4. The molecule has 4 rings (SSSR count). The van der Waals surface area contributed by atoms with Gasteiger partial charge in [-0.2, -0.15) is 4.98 Å². The molecular formula is C22H29N5O4. The molecule has 1 aliphatic heterocycles. The molecule has 0 bridgehead atoms. The second-order valence-electron chi connectivity index (χ2n) is 8.60. The SMILES string of the molecule is COc1ccc(OC)c(N2C[C@H](C)Cn3c2nc2c3c(=O)n(CC(C)C)c(=O)n2C)c1. The number of fused-ring (bicyclic) bond motifs is 3. The fourth-order valence-corrected chi connectivity index (χ4v) is 4.24. The fraction of sp³-hybridized carbons (Fsp3) is 0.500. The van der Waals surface area contributed by atoms with Crippen molar-refractivity contribution < 1.29 is 9.47 Å². The summed E-state index contributed by atoms with van der Waals surface area (Å²) in [4.78, 5) is 33.0. The van der Waals surface area contributed by atoms with Crippen LogP contribution in [0.15, 0.2) is 27.8 Å². The van der Waals surface area contributed by atoms with Crippen molar-refractivity contribution in [1.29, 1.82) is 0 Å². The predicted molar refractivity (Wildman–Crippen MR) is 120 cm³/mol. The average Bonchev–Trinajstić information content (AvgIpc) is 3.13. The van der Waals surface area contributed by atoms with Crippen molar-refractivity contribution in [3.63, 3.8) is 0 Å². The summed E-state index contributed by atoms with van der Waals surface area (Å²) in [6, 6.07) is 5.59. The Hall–Kier alpha value is -3.23. The molecule has 0 spiro atoms. The highest BCUT2D eigenvalue weighted by Gasteiger charge is 2.31. The Morgan fingerprint density at radius 3 is 2.55 bits per heavy atom. The Morgan fingerprint density at radius 1 is 1.16 bits per heavy atom. The van der Waals surface area contributed by atoms with Crippen LogP contribution in [0.4, 0.5) is 11.6 Å². The molecule has 3 aromatic rings. The number of anilines is 2. The first-order valence-corrected chi connectivity index (χ1v) is 10.5. The molecule has 0 N–H and O–H groups in total. The predicted octanol–water partition coefficient (Wildman–Crippen LogP) is 2.36. The van der Waals surface area contributed by atoms with Gasteiger partial charge < -0.3 is 18.9 Å². The first-order valence-electron chi connectivity index (χ1n) is 10.5. The highest BCUT2D eigenvalue weighted by Crippen LogP contribution is 2.39. The van der Waals surface area contributed by atoms with E-state index < -0.39 is 0 Å². The molecule has 166 valence electrons. The Labute approximate surface area is 180 Å². The third-order valence-electron chi connectivity index (χ3n) is 5.67. The number of nitrogens with zero attached hydrogens (tertiary/aromatic N) is 5. The van der Waals surface area contributed by atoms with Crippen LogP contribution in [0.2, 0.25) is 0 Å². The van der Waals surface area contributed by atoms with Crippen molar-refractivity contribution in [2.75, 3.05) is 25.7 Å². The third kappa shape index (κ3) is 3.37. The van der Waals surface area contributed by atoms with Gasteiger partial charge in [-0.3, -0.25) is 13.9 Å². The standard InChI is InChI=1S/C22H29N5O4/c1-13(2)10-27-20(28)18-19(24(4)22(27)29)23-21-25(11-14(3)12-26(18)21)16-9-15(30-5)7-8-17(16)31-6/h7-9,13-14H,10-12H2,1-6H3/t14-/m0/s1. The van der Waals surface area contributed by atoms with E-state index >= 15 is 0 Å². The Kier molecular flexibility index (Phi) is 5.28. The van der Waals surface area contributed by atoms with Gasteiger partial charge in [0.05, 0.1) is 19.9 Å². The van der Waals surface area contributed by atoms with E-state index in [4.69, 9.17) is 14.5 Å². The summed E-state index contributed by atoms with van der Waals surface area (Å²) in [5, 5.41) is 0. The van der Waals surface area contributed by atoms with E-state index in [0.717, 1.165) is 5.69 Å². The maximum absolute atomic E-state index is 13.4. The van der Waals surface area contributed by atoms with Gasteiger partial charge in [0, 0.05) is 32.7 Å². The zero-order valence-electron chi connectivity index (χ0n) is 18.9. The summed E-state index contributed by atoms with van der Waals surface area (Å²) in [7, 11) is 4.91. The molecule has 0 aliphatic carbocycles. The maximum Gasteiger partial charge on any atom is 0.332 e. The van der Waals surface area contributed by atoms with Gasteiger partial charge in [0.15, 0.2) is 11.2 Å². The molecule has 9 nitrogen and oxygen atoms in total. The van der Waals surface area contributed by atoms with Gasteiger partial charge in [-0.1, -0.05) is 20.8 Å². The molecule has 0 amide bonds. The average molecular weight is 428 g/mol. The molecule has 2 aromatic heterocycles. The quantitative estimate of drug-likeness (QED) is 0.622. The largest absolute Gasteiger partial charge is 0.497 e. The van der Waals surface area contributed by atoms with Crippen molar-refractivity contribution in [2.45, 2.75) is 33.9 Å². The zero-order valence-corrected chi connectivity index (χ0v) is 18.9. The van der Waals surface area contributed by atoms with Gasteiger partial charge in [0.2, 0.25) is 5.95 Å². The van der Waals surface area contributed by atoms with Crippen LogP contribution in [-0.2, 0) is 20.1 Å². The minimum atomic E-state index is -0.347. The minimum absolute atomic E-state index is 0.170. The molecule has 0 saturated carbocycles. The van der Waals surface area contributed by atoms with Crippen molar-refractivity contribution in [3.05, 3.63) is 39.0 Å². The van der Waals surface area contributed by atoms with Gasteiger partial charge in [-0.25, -0.2) is 4.79 Å². The van der Waals surface area contributed by atoms with E-state index in [2.05, 4.69) is 6.92 Å². The number of rotatable bonds is 5. The second kappa shape index (κ2) is 7.79. The van der Waals surface area contributed by atoms with Crippen LogP contribution >= 0.6 is 0 Å². The number of methoxy groups -OCH3 is 2. The van der Waals surface area contributed by atoms with Gasteiger partial charge >= 0.3 is 5.69 Å². The van der Waals surface area contributed by atoms with E-state index in [-0.39, 0.29) is 23.1 Å². The molecule has 9 heteroatoms. The molecular weight excluding hydrogens is 398 g/mol. The normalized spacial score (nSPS) is 16.1. The smallest absolute Gasteiger partial charge is 0.332 e. The summed E-state index contributed by atoms with van der Waals surface area (Å²) < 4.78 is 15.7. The number of hydrogen-bond acceptors (Lipinski definition) is 6. The van der Waals surface area contributed by atoms with E-state index in [1.165, 1.54) is 9.13 Å². The van der Waals surface area contributed by atoms with Crippen molar-refractivity contribution in [1.82, 2.24) is 18.7 Å². The summed E-state index contributed by atoms with van der Waals surface area (Å²) in [6.45, 7) is 7.81. The van der Waals surface area contributed by atoms with Gasteiger partial charge in [0.25, 0.3) is 5.56 Å². The van der Waals surface area contributed by atoms with E-state index in [1.54, 1.807) is 21.3 Å². The highest BCUT2D eigenvalue weighted by molar-refractivity contribution is 5.78. The first-order chi connectivity index (χ1) is 14.8. The van der Waals surface area contributed by atoms with Crippen LogP contribution in [-0.4, -0.2) is 39.4 Å². The Bertz CT molecular complexity index is 1250. The molecule has 3 heterocycles. The van der Waals surface area contributed by atoms with Crippen molar-refractivity contribution in [2.24, 2.45) is 18.9 Å². The molecule has 0 saturated heterocycles. The maximum atomic E-state index is 13.4. The summed E-state index contributed by atoms with van der Waals surface area (Å²) in [5.41, 5.74) is 1.01.